The summed E-state index contributed by atoms with van der Waals surface area (Å²) >= 11 is -0.415. The predicted molar refractivity (Wildman–Crippen MR) is 121 cm³/mol. The smallest absolute Gasteiger partial charge is 0.352 e. The topological polar surface area (TPSA) is 66.0 Å². The number of anilines is 4. The summed E-state index contributed by atoms with van der Waals surface area (Å²) in [7, 11) is 0. The predicted octanol–water partition coefficient (Wildman–Crippen LogP) is 6.66. The van der Waals surface area contributed by atoms with Crippen LogP contribution in [-0.2, 0) is 0 Å². The molecule has 4 rings (SSSR count). The van der Waals surface area contributed by atoms with E-state index in [0.717, 1.165) is 25.0 Å². The monoisotopic (exact) mass is 494 g/mol. The maximum atomic E-state index is 14.4. The van der Waals surface area contributed by atoms with Crippen LogP contribution in [0.15, 0.2) is 53.6 Å². The van der Waals surface area contributed by atoms with Crippen molar-refractivity contribution in [3.63, 3.8) is 0 Å². The molecule has 1 heterocycles. The molecule has 3 N–H and O–H groups in total. The molecule has 1 amide bonds. The van der Waals surface area contributed by atoms with Crippen LogP contribution in [0.2, 0.25) is 0 Å². The van der Waals surface area contributed by atoms with Gasteiger partial charge in [-0.1, -0.05) is 0 Å². The van der Waals surface area contributed by atoms with Gasteiger partial charge in [0.05, 0.1) is 23.1 Å². The zero-order chi connectivity index (χ0) is 24.5. The van der Waals surface area contributed by atoms with Crippen molar-refractivity contribution in [3.05, 3.63) is 71.4 Å². The molecule has 1 saturated carbocycles. The van der Waals surface area contributed by atoms with Crippen molar-refractivity contribution >= 4 is 40.5 Å². The minimum absolute atomic E-state index is 0.0597. The average Bonchev–Trinajstić information content (AvgIpc) is 3.53. The van der Waals surface area contributed by atoms with E-state index in [4.69, 9.17) is 0 Å². The largest absolute Gasteiger partial charge is 0.446 e. The second kappa shape index (κ2) is 9.49. The van der Waals surface area contributed by atoms with Crippen LogP contribution < -0.4 is 16.0 Å². The summed E-state index contributed by atoms with van der Waals surface area (Å²) in [4.78, 5) is 16.8. The van der Waals surface area contributed by atoms with Gasteiger partial charge in [0.2, 0.25) is 0 Å². The van der Waals surface area contributed by atoms with Crippen molar-refractivity contribution in [2.24, 2.45) is 0 Å². The Kier molecular flexibility index (Phi) is 6.65. The molecule has 5 nitrogen and oxygen atoms in total. The maximum absolute atomic E-state index is 14.4. The maximum Gasteiger partial charge on any atom is 0.446 e. The lowest BCUT2D eigenvalue weighted by molar-refractivity contribution is -0.0328. The number of rotatable bonds is 7. The van der Waals surface area contributed by atoms with Gasteiger partial charge in [0, 0.05) is 16.6 Å². The van der Waals surface area contributed by atoms with Crippen molar-refractivity contribution in [3.8, 4) is 0 Å². The summed E-state index contributed by atoms with van der Waals surface area (Å²) in [5.41, 5.74) is -3.15. The third-order valence-electron chi connectivity index (χ3n) is 4.80. The van der Waals surface area contributed by atoms with Crippen LogP contribution in [0.4, 0.5) is 44.8 Å². The first-order valence-electron chi connectivity index (χ1n) is 10.2. The van der Waals surface area contributed by atoms with Crippen LogP contribution in [0, 0.1) is 18.6 Å². The number of amides is 1. The van der Waals surface area contributed by atoms with E-state index in [-0.39, 0.29) is 33.7 Å². The van der Waals surface area contributed by atoms with E-state index in [1.54, 1.807) is 13.0 Å². The lowest BCUT2D eigenvalue weighted by Gasteiger charge is -2.15. The zero-order valence-corrected chi connectivity index (χ0v) is 18.6. The highest BCUT2D eigenvalue weighted by Gasteiger charge is 2.29. The molecule has 0 atom stereocenters. The average molecular weight is 494 g/mol. The van der Waals surface area contributed by atoms with E-state index in [0.29, 0.717) is 11.3 Å². The van der Waals surface area contributed by atoms with Crippen LogP contribution in [0.25, 0.3) is 0 Å². The highest BCUT2D eigenvalue weighted by molar-refractivity contribution is 8.00. The Balaban J connectivity index is 1.60. The van der Waals surface area contributed by atoms with Crippen LogP contribution in [-0.4, -0.2) is 22.4 Å². The molecule has 0 aliphatic heterocycles. The molecule has 0 unspecified atom stereocenters. The van der Waals surface area contributed by atoms with Crippen LogP contribution in [0.1, 0.15) is 28.8 Å². The van der Waals surface area contributed by atoms with Gasteiger partial charge in [-0.25, -0.2) is 13.8 Å². The molecule has 1 aliphatic rings. The number of benzene rings is 2. The van der Waals surface area contributed by atoms with E-state index in [1.165, 1.54) is 30.5 Å². The summed E-state index contributed by atoms with van der Waals surface area (Å²) < 4.78 is 65.8. The fourth-order valence-corrected chi connectivity index (χ4v) is 3.76. The molecular formula is C23H19F5N4OS. The number of halogens is 5. The van der Waals surface area contributed by atoms with Gasteiger partial charge in [0.1, 0.15) is 17.5 Å². The Morgan fingerprint density at radius 3 is 2.44 bits per heavy atom. The van der Waals surface area contributed by atoms with Gasteiger partial charge in [0.15, 0.2) is 0 Å². The second-order valence-electron chi connectivity index (χ2n) is 7.82. The van der Waals surface area contributed by atoms with Crippen molar-refractivity contribution in [1.82, 2.24) is 10.3 Å². The number of carbonyl (C=O) groups excluding carboxylic acids is 1. The van der Waals surface area contributed by atoms with Gasteiger partial charge >= 0.3 is 5.51 Å². The first kappa shape index (κ1) is 23.8. The van der Waals surface area contributed by atoms with Gasteiger partial charge in [-0.15, -0.1) is 0 Å². The number of hydrogen-bond acceptors (Lipinski definition) is 5. The van der Waals surface area contributed by atoms with E-state index in [1.807, 2.05) is 0 Å². The molecule has 11 heteroatoms. The number of aromatic nitrogens is 1. The molecule has 178 valence electrons. The third-order valence-corrected chi connectivity index (χ3v) is 5.52. The summed E-state index contributed by atoms with van der Waals surface area (Å²) in [6, 6.07) is 8.90. The highest BCUT2D eigenvalue weighted by atomic mass is 32.2. The molecule has 0 radical (unpaired) electrons. The fourth-order valence-electron chi connectivity index (χ4n) is 3.19. The number of aryl methyl sites for hydroxylation is 1. The Labute approximate surface area is 196 Å². The molecule has 1 fully saturated rings. The Morgan fingerprint density at radius 2 is 1.79 bits per heavy atom. The summed E-state index contributed by atoms with van der Waals surface area (Å²) in [6.07, 6.45) is 3.05. The first-order valence-corrected chi connectivity index (χ1v) is 11.0. The summed E-state index contributed by atoms with van der Waals surface area (Å²) in [5, 5.41) is 8.52. The quantitative estimate of drug-likeness (QED) is 0.253. The molecular weight excluding hydrogens is 475 g/mol. The van der Waals surface area contributed by atoms with Crippen molar-refractivity contribution in [1.29, 1.82) is 0 Å². The summed E-state index contributed by atoms with van der Waals surface area (Å²) in [5.74, 6) is -1.58. The lowest BCUT2D eigenvalue weighted by Crippen LogP contribution is -2.26. The van der Waals surface area contributed by atoms with Crippen LogP contribution in [0.3, 0.4) is 0 Å². The fraction of sp³-hybridized carbons (Fsp3) is 0.217. The number of nitrogens with zero attached hydrogens (tertiary/aromatic N) is 1. The van der Waals surface area contributed by atoms with Gasteiger partial charge in [-0.2, -0.15) is 13.2 Å². The normalized spacial score (nSPS) is 13.5. The van der Waals surface area contributed by atoms with E-state index in [9.17, 15) is 26.7 Å². The number of alkyl halides is 3. The van der Waals surface area contributed by atoms with Crippen molar-refractivity contribution in [2.75, 3.05) is 10.6 Å². The molecule has 2 aromatic carbocycles. The Bertz CT molecular complexity index is 1210. The zero-order valence-electron chi connectivity index (χ0n) is 17.8. The van der Waals surface area contributed by atoms with E-state index < -0.39 is 34.8 Å². The number of carbonyl (C=O) groups is 1. The lowest BCUT2D eigenvalue weighted by atomic mass is 10.2. The second-order valence-corrected chi connectivity index (χ2v) is 8.96. The molecule has 1 aliphatic carbocycles. The number of thioether (sulfide) groups is 1. The Morgan fingerprint density at radius 1 is 1.03 bits per heavy atom. The highest BCUT2D eigenvalue weighted by Crippen LogP contribution is 2.38. The summed E-state index contributed by atoms with van der Waals surface area (Å²) in [6.45, 7) is 1.72. The molecule has 1 aromatic heterocycles. The number of pyridine rings is 1. The van der Waals surface area contributed by atoms with Gasteiger partial charge in [-0.05, 0) is 79.6 Å². The van der Waals surface area contributed by atoms with Crippen LogP contribution in [0.5, 0.6) is 0 Å². The van der Waals surface area contributed by atoms with Crippen molar-refractivity contribution < 1.29 is 26.7 Å². The Hall–Kier alpha value is -3.34. The minimum atomic E-state index is -4.53. The molecule has 0 spiro atoms. The van der Waals surface area contributed by atoms with Gasteiger partial charge < -0.3 is 16.0 Å². The SMILES string of the molecule is Cc1cc(F)cc(Nc2ncc(Nc3ccc(SC(F)(F)F)cc3F)cc2C(=O)NC2CC2)c1. The molecule has 0 bridgehead atoms. The standard InChI is InChI=1S/C23H19F5N4OS/c1-12-6-13(24)8-15(7-12)31-21-18(22(33)32-14-2-3-14)9-16(11-29-21)30-20-5-4-17(10-19(20)25)34-23(26,27)28/h4-11,14,30H,2-3H2,1H3,(H,29,31)(H,32,33). The molecule has 3 aromatic rings. The van der Waals surface area contributed by atoms with Gasteiger partial charge in [-0.3, -0.25) is 4.79 Å². The van der Waals surface area contributed by atoms with Crippen LogP contribution >= 0.6 is 11.8 Å². The number of hydrogen-bond donors (Lipinski definition) is 3. The first-order chi connectivity index (χ1) is 16.1. The minimum Gasteiger partial charge on any atom is -0.352 e. The molecule has 0 saturated heterocycles. The molecule has 34 heavy (non-hydrogen) atoms. The van der Waals surface area contributed by atoms with Crippen molar-refractivity contribution in [2.45, 2.75) is 36.2 Å². The van der Waals surface area contributed by atoms with E-state index >= 15 is 0 Å². The third kappa shape index (κ3) is 6.37. The number of nitrogens with one attached hydrogen (secondary N) is 3. The van der Waals surface area contributed by atoms with E-state index in [2.05, 4.69) is 20.9 Å². The van der Waals surface area contributed by atoms with Gasteiger partial charge in [0.25, 0.3) is 5.91 Å².